The van der Waals surface area contributed by atoms with E-state index in [0.29, 0.717) is 11.3 Å². The van der Waals surface area contributed by atoms with Gasteiger partial charge in [-0.15, -0.1) is 0 Å². The maximum absolute atomic E-state index is 11.8. The van der Waals surface area contributed by atoms with Crippen molar-refractivity contribution in [2.24, 2.45) is 0 Å². The molecule has 1 saturated heterocycles. The van der Waals surface area contributed by atoms with Crippen molar-refractivity contribution >= 4 is 23.2 Å². The third-order valence-corrected chi connectivity index (χ3v) is 3.21. The molecule has 7 heteroatoms. The van der Waals surface area contributed by atoms with Gasteiger partial charge < -0.3 is 5.32 Å². The molecule has 2 rings (SSSR count). The van der Waals surface area contributed by atoms with E-state index < -0.39 is 11.0 Å². The van der Waals surface area contributed by atoms with E-state index >= 15 is 0 Å². The van der Waals surface area contributed by atoms with Crippen LogP contribution in [0.3, 0.4) is 0 Å². The number of anilines is 1. The van der Waals surface area contributed by atoms with E-state index in [1.807, 2.05) is 0 Å². The van der Waals surface area contributed by atoms with Gasteiger partial charge in [0.25, 0.3) is 11.6 Å². The van der Waals surface area contributed by atoms with Crippen molar-refractivity contribution < 1.29 is 14.5 Å². The Bertz CT molecular complexity index is 570. The molecule has 0 aliphatic carbocycles. The Morgan fingerprint density at radius 1 is 1.42 bits per heavy atom. The fourth-order valence-electron chi connectivity index (χ4n) is 2.03. The van der Waals surface area contributed by atoms with Crippen LogP contribution in [-0.2, 0) is 9.59 Å². The summed E-state index contributed by atoms with van der Waals surface area (Å²) in [6, 6.07) is 3.93. The predicted octanol–water partition coefficient (Wildman–Crippen LogP) is 1.07. The summed E-state index contributed by atoms with van der Waals surface area (Å²) in [4.78, 5) is 34.6. The second kappa shape index (κ2) is 4.68. The number of amides is 2. The Morgan fingerprint density at radius 2 is 2.11 bits per heavy atom. The standard InChI is InChI=1S/C12H13N3O4/c1-7-8(4-3-5-10(7)15(18)19)13-9-6-11(16)14(2)12(9)17/h3-5,9,13H,6H2,1-2H3. The number of nitro benzene ring substituents is 1. The second-order valence-corrected chi connectivity index (χ2v) is 4.40. The predicted molar refractivity (Wildman–Crippen MR) is 67.6 cm³/mol. The van der Waals surface area contributed by atoms with E-state index in [4.69, 9.17) is 0 Å². The average molecular weight is 263 g/mol. The highest BCUT2D eigenvalue weighted by molar-refractivity contribution is 6.06. The van der Waals surface area contributed by atoms with Gasteiger partial charge in [0, 0.05) is 24.4 Å². The minimum absolute atomic E-state index is 0.0184. The first-order valence-corrected chi connectivity index (χ1v) is 5.72. The van der Waals surface area contributed by atoms with Gasteiger partial charge in [-0.25, -0.2) is 0 Å². The maximum Gasteiger partial charge on any atom is 0.274 e. The van der Waals surface area contributed by atoms with Crippen LogP contribution in [0, 0.1) is 17.0 Å². The van der Waals surface area contributed by atoms with Gasteiger partial charge in [-0.3, -0.25) is 24.6 Å². The molecule has 100 valence electrons. The quantitative estimate of drug-likeness (QED) is 0.500. The van der Waals surface area contributed by atoms with Crippen LogP contribution in [0.2, 0.25) is 0 Å². The summed E-state index contributed by atoms with van der Waals surface area (Å²) in [6.07, 6.45) is 0.0669. The molecule has 0 radical (unpaired) electrons. The van der Waals surface area contributed by atoms with E-state index in [1.54, 1.807) is 19.1 Å². The topological polar surface area (TPSA) is 92.6 Å². The zero-order chi connectivity index (χ0) is 14.2. The molecule has 0 bridgehead atoms. The van der Waals surface area contributed by atoms with Crippen molar-refractivity contribution in [3.63, 3.8) is 0 Å². The highest BCUT2D eigenvalue weighted by atomic mass is 16.6. The first-order valence-electron chi connectivity index (χ1n) is 5.72. The van der Waals surface area contributed by atoms with E-state index in [1.165, 1.54) is 13.1 Å². The summed E-state index contributed by atoms with van der Waals surface area (Å²) in [5.41, 5.74) is 0.924. The molecule has 0 saturated carbocycles. The summed E-state index contributed by atoms with van der Waals surface area (Å²) in [5, 5.41) is 13.7. The van der Waals surface area contributed by atoms with Crippen LogP contribution in [0.4, 0.5) is 11.4 Å². The Balaban J connectivity index is 2.26. The number of carbonyl (C=O) groups is 2. The largest absolute Gasteiger partial charge is 0.373 e. The van der Waals surface area contributed by atoms with Crippen molar-refractivity contribution in [3.05, 3.63) is 33.9 Å². The van der Waals surface area contributed by atoms with Crippen molar-refractivity contribution in [1.82, 2.24) is 4.90 Å². The van der Waals surface area contributed by atoms with Gasteiger partial charge in [0.15, 0.2) is 0 Å². The Labute approximate surface area is 109 Å². The molecule has 1 atom stereocenters. The average Bonchev–Trinajstić information content (AvgIpc) is 2.59. The SMILES string of the molecule is Cc1c(NC2CC(=O)N(C)C2=O)cccc1[N+](=O)[O-]. The summed E-state index contributed by atoms with van der Waals surface area (Å²) >= 11 is 0. The van der Waals surface area contributed by atoms with Crippen LogP contribution < -0.4 is 5.32 Å². The Morgan fingerprint density at radius 3 is 2.63 bits per heavy atom. The highest BCUT2D eigenvalue weighted by Crippen LogP contribution is 2.27. The number of imide groups is 1. The Hall–Kier alpha value is -2.44. The minimum atomic E-state index is -0.654. The van der Waals surface area contributed by atoms with Crippen LogP contribution in [0.25, 0.3) is 0 Å². The third-order valence-electron chi connectivity index (χ3n) is 3.21. The molecule has 1 aliphatic rings. The van der Waals surface area contributed by atoms with Gasteiger partial charge in [-0.1, -0.05) is 6.07 Å². The lowest BCUT2D eigenvalue weighted by Gasteiger charge is -2.14. The molecular weight excluding hydrogens is 250 g/mol. The molecule has 2 amide bonds. The summed E-state index contributed by atoms with van der Waals surface area (Å²) in [7, 11) is 1.42. The second-order valence-electron chi connectivity index (χ2n) is 4.40. The van der Waals surface area contributed by atoms with Crippen LogP contribution in [0.1, 0.15) is 12.0 Å². The number of nitrogens with one attached hydrogen (secondary N) is 1. The fraction of sp³-hybridized carbons (Fsp3) is 0.333. The van der Waals surface area contributed by atoms with E-state index in [-0.39, 0.29) is 23.9 Å². The summed E-state index contributed by atoms with van der Waals surface area (Å²) in [5.74, 6) is -0.582. The van der Waals surface area contributed by atoms with Gasteiger partial charge in [0.2, 0.25) is 5.91 Å². The number of likely N-dealkylation sites (N-methyl/N-ethyl adjacent to an activating group) is 1. The lowest BCUT2D eigenvalue weighted by Crippen LogP contribution is -2.32. The number of carbonyl (C=O) groups excluding carboxylic acids is 2. The smallest absolute Gasteiger partial charge is 0.274 e. The molecule has 1 N–H and O–H groups in total. The van der Waals surface area contributed by atoms with Crippen molar-refractivity contribution in [1.29, 1.82) is 0 Å². The molecule has 1 unspecified atom stereocenters. The minimum Gasteiger partial charge on any atom is -0.373 e. The van der Waals surface area contributed by atoms with E-state index in [9.17, 15) is 19.7 Å². The van der Waals surface area contributed by atoms with E-state index in [2.05, 4.69) is 5.32 Å². The third kappa shape index (κ3) is 2.26. The molecule has 19 heavy (non-hydrogen) atoms. The normalized spacial score (nSPS) is 18.8. The number of nitrogens with zero attached hydrogens (tertiary/aromatic N) is 2. The molecular formula is C12H13N3O4. The first-order chi connectivity index (χ1) is 8.91. The van der Waals surface area contributed by atoms with Crippen molar-refractivity contribution in [3.8, 4) is 0 Å². The van der Waals surface area contributed by atoms with E-state index in [0.717, 1.165) is 4.90 Å². The summed E-state index contributed by atoms with van der Waals surface area (Å²) < 4.78 is 0. The zero-order valence-electron chi connectivity index (χ0n) is 10.5. The molecule has 0 spiro atoms. The molecule has 1 aromatic rings. The van der Waals surface area contributed by atoms with Gasteiger partial charge in [-0.05, 0) is 13.0 Å². The van der Waals surface area contributed by atoms with Crippen LogP contribution in [0.15, 0.2) is 18.2 Å². The number of likely N-dealkylation sites (tertiary alicyclic amines) is 1. The monoisotopic (exact) mass is 263 g/mol. The van der Waals surface area contributed by atoms with Gasteiger partial charge in [0.05, 0.1) is 11.3 Å². The number of nitro groups is 1. The molecule has 1 aliphatic heterocycles. The summed E-state index contributed by atoms with van der Waals surface area (Å²) in [6.45, 7) is 1.60. The van der Waals surface area contributed by atoms with Crippen LogP contribution >= 0.6 is 0 Å². The van der Waals surface area contributed by atoms with Gasteiger partial charge in [0.1, 0.15) is 6.04 Å². The number of hydrogen-bond acceptors (Lipinski definition) is 5. The molecule has 7 nitrogen and oxygen atoms in total. The molecule has 0 aromatic heterocycles. The van der Waals surface area contributed by atoms with Crippen molar-refractivity contribution in [2.75, 3.05) is 12.4 Å². The Kier molecular flexibility index (Phi) is 3.20. The highest BCUT2D eigenvalue weighted by Gasteiger charge is 2.36. The van der Waals surface area contributed by atoms with Crippen LogP contribution in [-0.4, -0.2) is 34.7 Å². The molecule has 1 heterocycles. The first kappa shape index (κ1) is 13.0. The van der Waals surface area contributed by atoms with Gasteiger partial charge >= 0.3 is 0 Å². The number of benzene rings is 1. The maximum atomic E-state index is 11.8. The molecule has 1 fully saturated rings. The lowest BCUT2D eigenvalue weighted by molar-refractivity contribution is -0.385. The zero-order valence-corrected chi connectivity index (χ0v) is 10.5. The fourth-order valence-corrected chi connectivity index (χ4v) is 2.03. The lowest BCUT2D eigenvalue weighted by atomic mass is 10.1. The van der Waals surface area contributed by atoms with Crippen molar-refractivity contribution in [2.45, 2.75) is 19.4 Å². The van der Waals surface area contributed by atoms with Crippen LogP contribution in [0.5, 0.6) is 0 Å². The number of rotatable bonds is 3. The van der Waals surface area contributed by atoms with Gasteiger partial charge in [-0.2, -0.15) is 0 Å². The number of hydrogen-bond donors (Lipinski definition) is 1. The molecule has 1 aromatic carbocycles.